The van der Waals surface area contributed by atoms with Crippen LogP contribution in [0, 0.1) is 20.8 Å². The maximum atomic E-state index is 11.8. The first kappa shape index (κ1) is 14.9. The fourth-order valence-electron chi connectivity index (χ4n) is 2.47. The van der Waals surface area contributed by atoms with E-state index >= 15 is 0 Å². The first-order chi connectivity index (χ1) is 10.5. The van der Waals surface area contributed by atoms with Crippen molar-refractivity contribution >= 4 is 22.7 Å². The van der Waals surface area contributed by atoms with Crippen LogP contribution in [0.25, 0.3) is 11.0 Å². The lowest BCUT2D eigenvalue weighted by Crippen LogP contribution is -2.00. The lowest BCUT2D eigenvalue weighted by molar-refractivity contribution is 0.559. The van der Waals surface area contributed by atoms with Gasteiger partial charge in [-0.15, -0.1) is 11.8 Å². The number of rotatable bonds is 3. The van der Waals surface area contributed by atoms with Crippen LogP contribution in [0.5, 0.6) is 0 Å². The number of benzene rings is 2. The van der Waals surface area contributed by atoms with Crippen LogP contribution in [0.2, 0.25) is 0 Å². The Morgan fingerprint density at radius 1 is 1.00 bits per heavy atom. The summed E-state index contributed by atoms with van der Waals surface area (Å²) in [4.78, 5) is 13.0. The molecule has 1 heterocycles. The van der Waals surface area contributed by atoms with E-state index < -0.39 is 0 Å². The van der Waals surface area contributed by atoms with Gasteiger partial charge in [0, 0.05) is 22.1 Å². The summed E-state index contributed by atoms with van der Waals surface area (Å²) in [6.45, 7) is 6.20. The minimum Gasteiger partial charge on any atom is -0.423 e. The molecule has 0 saturated heterocycles. The third kappa shape index (κ3) is 3.09. The molecule has 0 unspecified atom stereocenters. The zero-order valence-corrected chi connectivity index (χ0v) is 13.8. The number of fused-ring (bicyclic) bond motifs is 1. The van der Waals surface area contributed by atoms with Crippen molar-refractivity contribution in [1.29, 1.82) is 0 Å². The predicted molar refractivity (Wildman–Crippen MR) is 92.7 cm³/mol. The lowest BCUT2D eigenvalue weighted by Gasteiger charge is -2.08. The molecule has 2 aromatic carbocycles. The van der Waals surface area contributed by atoms with E-state index in [1.165, 1.54) is 16.0 Å². The Morgan fingerprint density at radius 3 is 2.55 bits per heavy atom. The lowest BCUT2D eigenvalue weighted by atomic mass is 10.0. The first-order valence-electron chi connectivity index (χ1n) is 7.26. The minimum atomic E-state index is -0.282. The number of hydrogen-bond donors (Lipinski definition) is 0. The number of thioether (sulfide) groups is 1. The Bertz CT molecular complexity index is 894. The highest BCUT2D eigenvalue weighted by Gasteiger charge is 2.08. The summed E-state index contributed by atoms with van der Waals surface area (Å²) in [6, 6.07) is 14.1. The van der Waals surface area contributed by atoms with Gasteiger partial charge in [0.05, 0.1) is 0 Å². The molecule has 0 radical (unpaired) electrons. The maximum Gasteiger partial charge on any atom is 0.336 e. The quantitative estimate of drug-likeness (QED) is 0.503. The van der Waals surface area contributed by atoms with Crippen molar-refractivity contribution in [2.75, 3.05) is 0 Å². The molecule has 0 bridgehead atoms. The molecular weight excluding hydrogens is 292 g/mol. The average molecular weight is 310 g/mol. The summed E-state index contributed by atoms with van der Waals surface area (Å²) < 4.78 is 5.34. The fraction of sp³-hybridized carbons (Fsp3) is 0.211. The highest BCUT2D eigenvalue weighted by Crippen LogP contribution is 2.28. The van der Waals surface area contributed by atoms with Crippen molar-refractivity contribution in [3.8, 4) is 0 Å². The normalized spacial score (nSPS) is 11.0. The molecule has 2 nitrogen and oxygen atoms in total. The molecule has 0 atom stereocenters. The molecule has 3 heteroatoms. The molecule has 0 amide bonds. The number of aryl methyl sites for hydroxylation is 3. The van der Waals surface area contributed by atoms with Crippen molar-refractivity contribution in [3.63, 3.8) is 0 Å². The van der Waals surface area contributed by atoms with Gasteiger partial charge < -0.3 is 4.42 Å². The SMILES string of the molecule is Cc1cccc(SCc2cc(=O)oc3cc(C)c(C)cc23)c1. The smallest absolute Gasteiger partial charge is 0.336 e. The van der Waals surface area contributed by atoms with Crippen molar-refractivity contribution in [2.45, 2.75) is 31.4 Å². The van der Waals surface area contributed by atoms with E-state index in [-0.39, 0.29) is 5.63 Å². The molecule has 0 aliphatic rings. The van der Waals surface area contributed by atoms with E-state index in [0.29, 0.717) is 5.58 Å². The van der Waals surface area contributed by atoms with Crippen LogP contribution in [0.4, 0.5) is 0 Å². The average Bonchev–Trinajstić information content (AvgIpc) is 2.47. The van der Waals surface area contributed by atoms with Gasteiger partial charge in [-0.2, -0.15) is 0 Å². The Kier molecular flexibility index (Phi) is 4.08. The van der Waals surface area contributed by atoms with Gasteiger partial charge in [-0.25, -0.2) is 4.79 Å². The van der Waals surface area contributed by atoms with Crippen LogP contribution in [0.3, 0.4) is 0 Å². The summed E-state index contributed by atoms with van der Waals surface area (Å²) in [5, 5.41) is 1.03. The first-order valence-corrected chi connectivity index (χ1v) is 8.25. The second kappa shape index (κ2) is 6.01. The monoisotopic (exact) mass is 310 g/mol. The second-order valence-electron chi connectivity index (χ2n) is 5.63. The molecule has 0 saturated carbocycles. The Hall–Kier alpha value is -2.00. The van der Waals surface area contributed by atoms with E-state index in [2.05, 4.69) is 44.2 Å². The van der Waals surface area contributed by atoms with Crippen LogP contribution in [-0.4, -0.2) is 0 Å². The van der Waals surface area contributed by atoms with Crippen molar-refractivity contribution < 1.29 is 4.42 Å². The molecule has 0 fully saturated rings. The topological polar surface area (TPSA) is 30.2 Å². The van der Waals surface area contributed by atoms with Gasteiger partial charge in [-0.3, -0.25) is 0 Å². The summed E-state index contributed by atoms with van der Waals surface area (Å²) >= 11 is 1.74. The molecule has 0 N–H and O–H groups in total. The Balaban J connectivity index is 1.99. The van der Waals surface area contributed by atoms with Gasteiger partial charge in [-0.1, -0.05) is 17.7 Å². The highest BCUT2D eigenvalue weighted by molar-refractivity contribution is 7.98. The van der Waals surface area contributed by atoms with Gasteiger partial charge >= 0.3 is 5.63 Å². The predicted octanol–water partition coefficient (Wildman–Crippen LogP) is 5.01. The molecule has 0 spiro atoms. The van der Waals surface area contributed by atoms with Gasteiger partial charge in [0.15, 0.2) is 0 Å². The summed E-state index contributed by atoms with van der Waals surface area (Å²) in [5.41, 5.74) is 5.02. The third-order valence-electron chi connectivity index (χ3n) is 3.83. The highest BCUT2D eigenvalue weighted by atomic mass is 32.2. The standard InChI is InChI=1S/C19H18O2S/c1-12-5-4-6-16(7-12)22-11-15-10-19(20)21-18-9-14(3)13(2)8-17(15)18/h4-10H,11H2,1-3H3. The van der Waals surface area contributed by atoms with Gasteiger partial charge in [0.2, 0.25) is 0 Å². The molecule has 112 valence electrons. The zero-order chi connectivity index (χ0) is 15.7. The van der Waals surface area contributed by atoms with E-state index in [1.54, 1.807) is 17.8 Å². The maximum absolute atomic E-state index is 11.8. The van der Waals surface area contributed by atoms with Crippen LogP contribution in [0.1, 0.15) is 22.3 Å². The van der Waals surface area contributed by atoms with Crippen molar-refractivity contribution in [3.05, 3.63) is 75.1 Å². The van der Waals surface area contributed by atoms with Crippen LogP contribution in [0.15, 0.2) is 56.6 Å². The molecule has 0 aliphatic heterocycles. The van der Waals surface area contributed by atoms with E-state index in [9.17, 15) is 4.79 Å². The summed E-state index contributed by atoms with van der Waals surface area (Å²) in [6.07, 6.45) is 0. The van der Waals surface area contributed by atoms with Crippen molar-refractivity contribution in [2.24, 2.45) is 0 Å². The van der Waals surface area contributed by atoms with Crippen LogP contribution in [-0.2, 0) is 5.75 Å². The third-order valence-corrected chi connectivity index (χ3v) is 4.87. The summed E-state index contributed by atoms with van der Waals surface area (Å²) in [7, 11) is 0. The van der Waals surface area contributed by atoms with E-state index in [4.69, 9.17) is 4.42 Å². The fourth-order valence-corrected chi connectivity index (χ4v) is 3.47. The molecule has 22 heavy (non-hydrogen) atoms. The van der Waals surface area contributed by atoms with Crippen LogP contribution < -0.4 is 5.63 Å². The van der Waals surface area contributed by atoms with Gasteiger partial charge in [0.25, 0.3) is 0 Å². The molecule has 3 aromatic rings. The molecule has 0 aliphatic carbocycles. The van der Waals surface area contributed by atoms with E-state index in [1.807, 2.05) is 13.0 Å². The van der Waals surface area contributed by atoms with E-state index in [0.717, 1.165) is 22.3 Å². The molecule has 3 rings (SSSR count). The summed E-state index contributed by atoms with van der Waals surface area (Å²) in [5.74, 6) is 0.758. The Morgan fingerprint density at radius 2 is 1.77 bits per heavy atom. The Labute approximate surface area is 134 Å². The van der Waals surface area contributed by atoms with Gasteiger partial charge in [0.1, 0.15) is 5.58 Å². The number of hydrogen-bond acceptors (Lipinski definition) is 3. The van der Waals surface area contributed by atoms with Crippen LogP contribution >= 0.6 is 11.8 Å². The zero-order valence-electron chi connectivity index (χ0n) is 13.0. The minimum absolute atomic E-state index is 0.282. The van der Waals surface area contributed by atoms with Gasteiger partial charge in [-0.05, 0) is 61.7 Å². The van der Waals surface area contributed by atoms with Crippen molar-refractivity contribution in [1.82, 2.24) is 0 Å². The second-order valence-corrected chi connectivity index (χ2v) is 6.68. The molecular formula is C19H18O2S. The molecule has 1 aromatic heterocycles. The largest absolute Gasteiger partial charge is 0.423 e.